The second-order valence-corrected chi connectivity index (χ2v) is 8.61. The van der Waals surface area contributed by atoms with Gasteiger partial charge in [0.15, 0.2) is 0 Å². The van der Waals surface area contributed by atoms with Crippen LogP contribution < -0.4 is 10.0 Å². The van der Waals surface area contributed by atoms with Crippen LogP contribution in [0.4, 0.5) is 10.5 Å². The van der Waals surface area contributed by atoms with Crippen molar-refractivity contribution in [1.29, 1.82) is 0 Å². The Balaban J connectivity index is 1.84. The third-order valence-electron chi connectivity index (χ3n) is 3.83. The van der Waals surface area contributed by atoms with Crippen LogP contribution in [0.1, 0.15) is 26.7 Å². The molecule has 1 aromatic rings. The first-order valence-corrected chi connectivity index (χ1v) is 9.53. The van der Waals surface area contributed by atoms with Gasteiger partial charge >= 0.3 is 6.03 Å². The van der Waals surface area contributed by atoms with Crippen molar-refractivity contribution < 1.29 is 13.2 Å². The number of likely N-dealkylation sites (tertiary alicyclic amines) is 1. The number of amides is 2. The van der Waals surface area contributed by atoms with E-state index in [1.165, 1.54) is 0 Å². The maximum atomic E-state index is 12.2. The van der Waals surface area contributed by atoms with E-state index in [1.54, 1.807) is 43.0 Å². The number of hydrogen-bond acceptors (Lipinski definition) is 3. The maximum Gasteiger partial charge on any atom is 0.321 e. The van der Waals surface area contributed by atoms with E-state index in [0.717, 1.165) is 0 Å². The highest BCUT2D eigenvalue weighted by atomic mass is 35.5. The van der Waals surface area contributed by atoms with Crippen LogP contribution in [0.5, 0.6) is 0 Å². The predicted octanol–water partition coefficient (Wildman–Crippen LogP) is 2.66. The van der Waals surface area contributed by atoms with E-state index in [9.17, 15) is 13.2 Å². The molecule has 1 aliphatic rings. The Labute approximate surface area is 142 Å². The van der Waals surface area contributed by atoms with Crippen LogP contribution in [0, 0.1) is 0 Å². The van der Waals surface area contributed by atoms with E-state index in [0.29, 0.717) is 36.6 Å². The lowest BCUT2D eigenvalue weighted by Gasteiger charge is -2.32. The summed E-state index contributed by atoms with van der Waals surface area (Å²) in [6.45, 7) is 4.34. The molecule has 0 aliphatic carbocycles. The lowest BCUT2D eigenvalue weighted by atomic mass is 10.1. The highest BCUT2D eigenvalue weighted by Gasteiger charge is 2.27. The zero-order chi connectivity index (χ0) is 17.0. The number of urea groups is 1. The molecule has 0 unspecified atom stereocenters. The minimum Gasteiger partial charge on any atom is -0.324 e. The van der Waals surface area contributed by atoms with Gasteiger partial charge in [-0.1, -0.05) is 11.6 Å². The van der Waals surface area contributed by atoms with Crippen molar-refractivity contribution in [3.8, 4) is 0 Å². The average molecular weight is 360 g/mol. The number of hydrogen-bond donors (Lipinski definition) is 2. The number of rotatable bonds is 4. The molecule has 1 aliphatic heterocycles. The number of halogens is 1. The van der Waals surface area contributed by atoms with Gasteiger partial charge in [0.2, 0.25) is 10.0 Å². The van der Waals surface area contributed by atoms with Gasteiger partial charge in [0.1, 0.15) is 0 Å². The molecular formula is C15H22ClN3O3S. The molecule has 2 N–H and O–H groups in total. The Kier molecular flexibility index (Phi) is 5.89. The molecule has 1 saturated heterocycles. The molecule has 0 saturated carbocycles. The Morgan fingerprint density at radius 1 is 1.22 bits per heavy atom. The summed E-state index contributed by atoms with van der Waals surface area (Å²) in [6.07, 6.45) is 1.22. The number of piperidine rings is 1. The predicted molar refractivity (Wildman–Crippen MR) is 92.3 cm³/mol. The molecule has 8 heteroatoms. The zero-order valence-corrected chi connectivity index (χ0v) is 14.8. The van der Waals surface area contributed by atoms with Crippen molar-refractivity contribution in [2.75, 3.05) is 18.4 Å². The van der Waals surface area contributed by atoms with Crippen molar-refractivity contribution in [2.45, 2.75) is 38.0 Å². The second kappa shape index (κ2) is 7.51. The minimum absolute atomic E-state index is 0.109. The van der Waals surface area contributed by atoms with E-state index < -0.39 is 15.3 Å². The summed E-state index contributed by atoms with van der Waals surface area (Å²) >= 11 is 5.81. The van der Waals surface area contributed by atoms with E-state index in [-0.39, 0.29) is 12.1 Å². The zero-order valence-electron chi connectivity index (χ0n) is 13.3. The van der Waals surface area contributed by atoms with Crippen LogP contribution in [0.2, 0.25) is 5.02 Å². The average Bonchev–Trinajstić information content (AvgIpc) is 2.49. The molecule has 128 valence electrons. The number of carbonyl (C=O) groups excluding carboxylic acids is 1. The standard InChI is InChI=1S/C15H22ClN3O3S/c1-11(2)23(21,22)18-14-7-9-19(10-8-14)15(20)17-13-5-3-12(16)4-6-13/h3-6,11,14,18H,7-10H2,1-2H3,(H,17,20). The number of nitrogens with zero attached hydrogens (tertiary/aromatic N) is 1. The summed E-state index contributed by atoms with van der Waals surface area (Å²) in [5.74, 6) is 0. The second-order valence-electron chi connectivity index (χ2n) is 5.91. The highest BCUT2D eigenvalue weighted by Crippen LogP contribution is 2.16. The first kappa shape index (κ1) is 18.0. The molecule has 0 aromatic heterocycles. The Hall–Kier alpha value is -1.31. The number of nitrogens with one attached hydrogen (secondary N) is 2. The van der Waals surface area contributed by atoms with E-state index in [4.69, 9.17) is 11.6 Å². The molecule has 1 fully saturated rings. The lowest BCUT2D eigenvalue weighted by molar-refractivity contribution is 0.193. The van der Waals surface area contributed by atoms with Crippen molar-refractivity contribution in [1.82, 2.24) is 9.62 Å². The molecule has 23 heavy (non-hydrogen) atoms. The van der Waals surface area contributed by atoms with Crippen LogP contribution in [-0.2, 0) is 10.0 Å². The van der Waals surface area contributed by atoms with Gasteiger partial charge in [-0.15, -0.1) is 0 Å². The number of carbonyl (C=O) groups is 1. The molecular weight excluding hydrogens is 338 g/mol. The fourth-order valence-electron chi connectivity index (χ4n) is 2.30. The van der Waals surface area contributed by atoms with Gasteiger partial charge in [-0.25, -0.2) is 17.9 Å². The van der Waals surface area contributed by atoms with Gasteiger partial charge in [0.05, 0.1) is 5.25 Å². The third-order valence-corrected chi connectivity index (χ3v) is 5.98. The van der Waals surface area contributed by atoms with Gasteiger partial charge < -0.3 is 10.2 Å². The lowest BCUT2D eigenvalue weighted by Crippen LogP contribution is -2.48. The summed E-state index contributed by atoms with van der Waals surface area (Å²) in [5.41, 5.74) is 0.682. The molecule has 2 rings (SSSR count). The van der Waals surface area contributed by atoms with E-state index in [2.05, 4.69) is 10.0 Å². The van der Waals surface area contributed by atoms with Crippen LogP contribution in [0.15, 0.2) is 24.3 Å². The number of anilines is 1. The topological polar surface area (TPSA) is 78.5 Å². The monoisotopic (exact) mass is 359 g/mol. The van der Waals surface area contributed by atoms with Gasteiger partial charge in [-0.05, 0) is 51.0 Å². The molecule has 0 atom stereocenters. The molecule has 0 bridgehead atoms. The van der Waals surface area contributed by atoms with Crippen LogP contribution in [0.3, 0.4) is 0 Å². The molecule has 0 radical (unpaired) electrons. The summed E-state index contributed by atoms with van der Waals surface area (Å²) in [4.78, 5) is 13.9. The minimum atomic E-state index is -3.27. The Morgan fingerprint density at radius 3 is 2.30 bits per heavy atom. The Bertz CT molecular complexity index is 638. The normalized spacial score (nSPS) is 16.6. The Morgan fingerprint density at radius 2 is 1.78 bits per heavy atom. The van der Waals surface area contributed by atoms with Gasteiger partial charge in [-0.2, -0.15) is 0 Å². The van der Waals surface area contributed by atoms with Gasteiger partial charge in [-0.3, -0.25) is 0 Å². The molecule has 6 nitrogen and oxygen atoms in total. The smallest absolute Gasteiger partial charge is 0.321 e. The van der Waals surface area contributed by atoms with Crippen LogP contribution in [0.25, 0.3) is 0 Å². The first-order chi connectivity index (χ1) is 10.8. The first-order valence-electron chi connectivity index (χ1n) is 7.60. The number of sulfonamides is 1. The van der Waals surface area contributed by atoms with Crippen LogP contribution in [-0.4, -0.2) is 43.7 Å². The summed E-state index contributed by atoms with van der Waals surface area (Å²) in [6, 6.07) is 6.61. The van der Waals surface area contributed by atoms with Crippen molar-refractivity contribution in [3.05, 3.63) is 29.3 Å². The quantitative estimate of drug-likeness (QED) is 0.867. The number of benzene rings is 1. The van der Waals surface area contributed by atoms with Crippen molar-refractivity contribution in [3.63, 3.8) is 0 Å². The largest absolute Gasteiger partial charge is 0.324 e. The SMILES string of the molecule is CC(C)S(=O)(=O)NC1CCN(C(=O)Nc2ccc(Cl)cc2)CC1. The van der Waals surface area contributed by atoms with Gasteiger partial charge in [0.25, 0.3) is 0 Å². The summed E-state index contributed by atoms with van der Waals surface area (Å²) in [5, 5.41) is 2.97. The van der Waals surface area contributed by atoms with Crippen molar-refractivity contribution in [2.24, 2.45) is 0 Å². The maximum absolute atomic E-state index is 12.2. The van der Waals surface area contributed by atoms with Crippen molar-refractivity contribution >= 4 is 33.3 Å². The highest BCUT2D eigenvalue weighted by molar-refractivity contribution is 7.90. The van der Waals surface area contributed by atoms with E-state index in [1.807, 2.05) is 0 Å². The third kappa shape index (κ3) is 5.09. The molecule has 1 heterocycles. The fraction of sp³-hybridized carbons (Fsp3) is 0.533. The van der Waals surface area contributed by atoms with Crippen LogP contribution >= 0.6 is 11.6 Å². The van der Waals surface area contributed by atoms with Gasteiger partial charge in [0, 0.05) is 29.8 Å². The van der Waals surface area contributed by atoms with E-state index >= 15 is 0 Å². The molecule has 1 aromatic carbocycles. The fourth-order valence-corrected chi connectivity index (χ4v) is 3.40. The summed E-state index contributed by atoms with van der Waals surface area (Å²) < 4.78 is 26.4. The molecule has 2 amide bonds. The summed E-state index contributed by atoms with van der Waals surface area (Å²) in [7, 11) is -3.27. The molecule has 0 spiro atoms.